The van der Waals surface area contributed by atoms with Gasteiger partial charge in [-0.1, -0.05) is 31.2 Å². The summed E-state index contributed by atoms with van der Waals surface area (Å²) in [5.74, 6) is 0.947. The maximum atomic E-state index is 5.61. The fraction of sp³-hybridized carbons (Fsp3) is 0.357. The topological polar surface area (TPSA) is 54.7 Å². The molecule has 0 aliphatic heterocycles. The smallest absolute Gasteiger partial charge is 0.103 e. The van der Waals surface area contributed by atoms with E-state index < -0.39 is 0 Å². The highest BCUT2D eigenvalue weighted by atomic mass is 14.9. The van der Waals surface area contributed by atoms with Crippen molar-refractivity contribution in [3.63, 3.8) is 0 Å². The number of hydrogen-bond donors (Lipinski definition) is 2. The number of rotatable bonds is 4. The number of aryl methyl sites for hydroxylation is 2. The van der Waals surface area contributed by atoms with Crippen LogP contribution in [-0.4, -0.2) is 16.5 Å². The van der Waals surface area contributed by atoms with E-state index in [2.05, 4.69) is 41.2 Å². The molecule has 1 aromatic heterocycles. The molecular formula is C14H19N3. The van der Waals surface area contributed by atoms with Gasteiger partial charge in [-0.25, -0.2) is 4.98 Å². The highest BCUT2D eigenvalue weighted by molar-refractivity contribution is 5.62. The minimum Gasteiger partial charge on any atom is -0.346 e. The van der Waals surface area contributed by atoms with Crippen molar-refractivity contribution in [2.45, 2.75) is 26.7 Å². The number of aromatic amines is 1. The van der Waals surface area contributed by atoms with Crippen LogP contribution in [0.1, 0.15) is 24.0 Å². The Labute approximate surface area is 102 Å². The van der Waals surface area contributed by atoms with Crippen molar-refractivity contribution < 1.29 is 0 Å². The van der Waals surface area contributed by atoms with Crippen LogP contribution in [0.15, 0.2) is 24.3 Å². The van der Waals surface area contributed by atoms with E-state index in [1.807, 2.05) is 6.92 Å². The number of nitrogens with one attached hydrogen (secondary N) is 1. The molecular weight excluding hydrogens is 210 g/mol. The number of nitrogens with two attached hydrogens (primary N) is 1. The van der Waals surface area contributed by atoms with E-state index in [0.717, 1.165) is 35.6 Å². The van der Waals surface area contributed by atoms with Crippen LogP contribution in [0, 0.1) is 6.92 Å². The van der Waals surface area contributed by atoms with Crippen LogP contribution in [-0.2, 0) is 12.8 Å². The van der Waals surface area contributed by atoms with E-state index in [0.29, 0.717) is 6.54 Å². The van der Waals surface area contributed by atoms with Crippen LogP contribution in [0.5, 0.6) is 0 Å². The lowest BCUT2D eigenvalue weighted by Gasteiger charge is -2.02. The molecule has 3 nitrogen and oxygen atoms in total. The van der Waals surface area contributed by atoms with E-state index in [4.69, 9.17) is 5.73 Å². The molecule has 0 aliphatic rings. The summed E-state index contributed by atoms with van der Waals surface area (Å²) in [7, 11) is 0. The Morgan fingerprint density at radius 3 is 2.53 bits per heavy atom. The van der Waals surface area contributed by atoms with E-state index in [1.165, 1.54) is 5.56 Å². The summed E-state index contributed by atoms with van der Waals surface area (Å²) < 4.78 is 0. The maximum absolute atomic E-state index is 5.61. The van der Waals surface area contributed by atoms with Crippen LogP contribution in [0.25, 0.3) is 11.3 Å². The molecule has 1 heterocycles. The predicted molar refractivity (Wildman–Crippen MR) is 70.9 cm³/mol. The third kappa shape index (κ3) is 2.56. The molecule has 3 heteroatoms. The van der Waals surface area contributed by atoms with Crippen molar-refractivity contribution in [1.29, 1.82) is 0 Å². The molecule has 0 amide bonds. The molecule has 0 fully saturated rings. The molecule has 2 aromatic rings. The highest BCUT2D eigenvalue weighted by Crippen LogP contribution is 2.22. The number of hydrogen-bond acceptors (Lipinski definition) is 2. The first-order valence-corrected chi connectivity index (χ1v) is 6.09. The van der Waals surface area contributed by atoms with Gasteiger partial charge in [0.05, 0.1) is 5.69 Å². The van der Waals surface area contributed by atoms with Crippen molar-refractivity contribution >= 4 is 0 Å². The molecule has 0 unspecified atom stereocenters. The zero-order valence-electron chi connectivity index (χ0n) is 10.5. The number of aromatic nitrogens is 2. The van der Waals surface area contributed by atoms with Gasteiger partial charge in [-0.3, -0.25) is 0 Å². The van der Waals surface area contributed by atoms with Gasteiger partial charge in [0.25, 0.3) is 0 Å². The molecule has 3 N–H and O–H groups in total. The normalized spacial score (nSPS) is 10.8. The summed E-state index contributed by atoms with van der Waals surface area (Å²) in [6, 6.07) is 8.58. The van der Waals surface area contributed by atoms with Crippen LogP contribution < -0.4 is 5.73 Å². The van der Waals surface area contributed by atoms with Gasteiger partial charge in [-0.2, -0.15) is 0 Å². The third-order valence-corrected chi connectivity index (χ3v) is 2.93. The average Bonchev–Trinajstić information content (AvgIpc) is 2.71. The van der Waals surface area contributed by atoms with Gasteiger partial charge < -0.3 is 10.7 Å². The van der Waals surface area contributed by atoms with Crippen molar-refractivity contribution in [3.8, 4) is 11.3 Å². The Morgan fingerprint density at radius 2 is 1.94 bits per heavy atom. The molecule has 0 aliphatic carbocycles. The van der Waals surface area contributed by atoms with Gasteiger partial charge in [-0.05, 0) is 25.5 Å². The minimum absolute atomic E-state index is 0.641. The van der Waals surface area contributed by atoms with Crippen LogP contribution in [0.2, 0.25) is 0 Å². The number of nitrogens with zero attached hydrogens (tertiary/aromatic N) is 1. The van der Waals surface area contributed by atoms with Crippen molar-refractivity contribution in [1.82, 2.24) is 9.97 Å². The first kappa shape index (κ1) is 11.9. The number of imidazole rings is 1. The van der Waals surface area contributed by atoms with Crippen LogP contribution in [0.4, 0.5) is 0 Å². The first-order chi connectivity index (χ1) is 8.24. The quantitative estimate of drug-likeness (QED) is 0.846. The minimum atomic E-state index is 0.641. The Kier molecular flexibility index (Phi) is 3.59. The van der Waals surface area contributed by atoms with Crippen molar-refractivity contribution in [2.24, 2.45) is 5.73 Å². The van der Waals surface area contributed by atoms with Gasteiger partial charge in [0.15, 0.2) is 0 Å². The van der Waals surface area contributed by atoms with Crippen LogP contribution in [0.3, 0.4) is 0 Å². The van der Waals surface area contributed by atoms with Crippen LogP contribution >= 0.6 is 0 Å². The molecule has 17 heavy (non-hydrogen) atoms. The van der Waals surface area contributed by atoms with Crippen molar-refractivity contribution in [3.05, 3.63) is 41.3 Å². The molecule has 2 rings (SSSR count). The van der Waals surface area contributed by atoms with Crippen molar-refractivity contribution in [2.75, 3.05) is 6.54 Å². The second-order valence-electron chi connectivity index (χ2n) is 4.24. The number of benzene rings is 1. The van der Waals surface area contributed by atoms with E-state index in [1.54, 1.807) is 0 Å². The zero-order chi connectivity index (χ0) is 12.3. The lowest BCUT2D eigenvalue weighted by atomic mass is 10.1. The standard InChI is InChI=1S/C14H19N3/c1-3-11-4-6-12(7-5-11)14-13(8-9-15)16-10(2)17-14/h4-7H,3,8-9,15H2,1-2H3,(H,16,17). The second kappa shape index (κ2) is 5.15. The summed E-state index contributed by atoms with van der Waals surface area (Å²) in [5.41, 5.74) is 10.3. The van der Waals surface area contributed by atoms with Gasteiger partial charge in [0.2, 0.25) is 0 Å². The van der Waals surface area contributed by atoms with Gasteiger partial charge >= 0.3 is 0 Å². The van der Waals surface area contributed by atoms with Gasteiger partial charge in [0.1, 0.15) is 5.82 Å². The molecule has 0 bridgehead atoms. The zero-order valence-corrected chi connectivity index (χ0v) is 10.5. The first-order valence-electron chi connectivity index (χ1n) is 6.09. The predicted octanol–water partition coefficient (Wildman–Crippen LogP) is 2.45. The maximum Gasteiger partial charge on any atom is 0.103 e. The summed E-state index contributed by atoms with van der Waals surface area (Å²) >= 11 is 0. The molecule has 0 radical (unpaired) electrons. The molecule has 0 saturated carbocycles. The average molecular weight is 229 g/mol. The largest absolute Gasteiger partial charge is 0.346 e. The Balaban J connectivity index is 2.37. The summed E-state index contributed by atoms with van der Waals surface area (Å²) in [6.07, 6.45) is 1.90. The second-order valence-corrected chi connectivity index (χ2v) is 4.24. The Morgan fingerprint density at radius 1 is 1.24 bits per heavy atom. The Hall–Kier alpha value is -1.61. The fourth-order valence-corrected chi connectivity index (χ4v) is 2.00. The lowest BCUT2D eigenvalue weighted by Crippen LogP contribution is -2.04. The highest BCUT2D eigenvalue weighted by Gasteiger charge is 2.09. The van der Waals surface area contributed by atoms with Gasteiger partial charge in [-0.15, -0.1) is 0 Å². The summed E-state index contributed by atoms with van der Waals surface area (Å²) in [5, 5.41) is 0. The monoisotopic (exact) mass is 229 g/mol. The number of H-pyrrole nitrogens is 1. The van der Waals surface area contributed by atoms with Gasteiger partial charge in [0, 0.05) is 17.7 Å². The fourth-order valence-electron chi connectivity index (χ4n) is 2.00. The SMILES string of the molecule is CCc1ccc(-c2nc(C)[nH]c2CCN)cc1. The third-order valence-electron chi connectivity index (χ3n) is 2.93. The molecule has 0 spiro atoms. The summed E-state index contributed by atoms with van der Waals surface area (Å²) in [6.45, 7) is 4.78. The molecule has 0 atom stereocenters. The molecule has 0 saturated heterocycles. The summed E-state index contributed by atoms with van der Waals surface area (Å²) in [4.78, 5) is 7.83. The molecule has 1 aromatic carbocycles. The molecule has 90 valence electrons. The Bertz CT molecular complexity index is 483. The van der Waals surface area contributed by atoms with E-state index >= 15 is 0 Å². The van der Waals surface area contributed by atoms with E-state index in [9.17, 15) is 0 Å². The lowest BCUT2D eigenvalue weighted by molar-refractivity contribution is 0.930. The van der Waals surface area contributed by atoms with E-state index in [-0.39, 0.29) is 0 Å².